The predicted octanol–water partition coefficient (Wildman–Crippen LogP) is 4.69. The summed E-state index contributed by atoms with van der Waals surface area (Å²) in [5.74, 6) is 1.01. The molecule has 1 N–H and O–H groups in total. The number of ether oxygens (including phenoxy) is 1. The number of hydrogen-bond donors (Lipinski definition) is 1. The van der Waals surface area contributed by atoms with E-state index in [0.717, 1.165) is 5.75 Å². The Hall–Kier alpha value is -1.18. The highest BCUT2D eigenvalue weighted by atomic mass is 16.5. The van der Waals surface area contributed by atoms with Crippen molar-refractivity contribution in [3.8, 4) is 5.75 Å². The normalized spacial score (nSPS) is 22.1. The summed E-state index contributed by atoms with van der Waals surface area (Å²) in [4.78, 5) is 0. The number of anilines is 1. The molecular formula is C17H27NO. The third-order valence-corrected chi connectivity index (χ3v) is 4.64. The van der Waals surface area contributed by atoms with Gasteiger partial charge in [-0.3, -0.25) is 0 Å². The minimum absolute atomic E-state index is 0.378. The first-order valence-corrected chi connectivity index (χ1v) is 7.36. The van der Waals surface area contributed by atoms with Gasteiger partial charge in [-0.15, -0.1) is 0 Å². The van der Waals surface area contributed by atoms with E-state index in [9.17, 15) is 0 Å². The van der Waals surface area contributed by atoms with Crippen LogP contribution in [-0.4, -0.2) is 13.2 Å². The van der Waals surface area contributed by atoms with Crippen LogP contribution < -0.4 is 10.1 Å². The van der Waals surface area contributed by atoms with Gasteiger partial charge in [0.15, 0.2) is 0 Å². The molecule has 1 aromatic rings. The Bertz CT molecular complexity index is 451. The highest BCUT2D eigenvalue weighted by Gasteiger charge is 2.32. The molecule has 0 aromatic heterocycles. The van der Waals surface area contributed by atoms with Crippen LogP contribution in [0.15, 0.2) is 12.1 Å². The first-order chi connectivity index (χ1) is 8.95. The number of hydrogen-bond acceptors (Lipinski definition) is 2. The minimum Gasteiger partial charge on any atom is -0.496 e. The Morgan fingerprint density at radius 3 is 2.58 bits per heavy atom. The number of benzene rings is 1. The lowest BCUT2D eigenvalue weighted by Crippen LogP contribution is -2.39. The molecule has 0 bridgehead atoms. The molecule has 0 radical (unpaired) electrons. The Morgan fingerprint density at radius 2 is 1.95 bits per heavy atom. The maximum absolute atomic E-state index is 5.52. The minimum atomic E-state index is 0.378. The Morgan fingerprint density at radius 1 is 1.21 bits per heavy atom. The van der Waals surface area contributed by atoms with Crippen molar-refractivity contribution in [3.05, 3.63) is 23.3 Å². The summed E-state index contributed by atoms with van der Waals surface area (Å²) < 4.78 is 5.52. The number of nitrogens with one attached hydrogen (secondary N) is 1. The standard InChI is InChI=1S/C17H27NO/c1-12-9-10-14(13(2)16(12)19-5)18-15-8-6-7-11-17(15,3)4/h9-10,15,18H,6-8,11H2,1-5H3. The first-order valence-electron chi connectivity index (χ1n) is 7.36. The molecule has 0 saturated heterocycles. The van der Waals surface area contributed by atoms with Crippen molar-refractivity contribution < 1.29 is 4.74 Å². The molecule has 1 fully saturated rings. The van der Waals surface area contributed by atoms with Gasteiger partial charge in [0.25, 0.3) is 0 Å². The highest BCUT2D eigenvalue weighted by Crippen LogP contribution is 2.39. The fourth-order valence-corrected chi connectivity index (χ4v) is 3.25. The largest absolute Gasteiger partial charge is 0.496 e. The fraction of sp³-hybridized carbons (Fsp3) is 0.647. The Balaban J connectivity index is 2.24. The van der Waals surface area contributed by atoms with Gasteiger partial charge in [-0.1, -0.05) is 32.8 Å². The lowest BCUT2D eigenvalue weighted by molar-refractivity contribution is 0.217. The third kappa shape index (κ3) is 2.88. The average molecular weight is 261 g/mol. The quantitative estimate of drug-likeness (QED) is 0.852. The van der Waals surface area contributed by atoms with Gasteiger partial charge in [0.05, 0.1) is 7.11 Å². The molecular weight excluding hydrogens is 234 g/mol. The number of aryl methyl sites for hydroxylation is 1. The molecule has 2 rings (SSSR count). The van der Waals surface area contributed by atoms with Gasteiger partial charge >= 0.3 is 0 Å². The third-order valence-electron chi connectivity index (χ3n) is 4.64. The van der Waals surface area contributed by atoms with Crippen LogP contribution in [0.5, 0.6) is 5.75 Å². The van der Waals surface area contributed by atoms with E-state index in [1.54, 1.807) is 7.11 Å². The van der Waals surface area contributed by atoms with Gasteiger partial charge in [-0.2, -0.15) is 0 Å². The van der Waals surface area contributed by atoms with Gasteiger partial charge in [-0.25, -0.2) is 0 Å². The van der Waals surface area contributed by atoms with Crippen LogP contribution >= 0.6 is 0 Å². The molecule has 2 nitrogen and oxygen atoms in total. The van der Waals surface area contributed by atoms with Gasteiger partial charge in [0.1, 0.15) is 5.75 Å². The van der Waals surface area contributed by atoms with E-state index < -0.39 is 0 Å². The van der Waals surface area contributed by atoms with Crippen molar-refractivity contribution in [2.75, 3.05) is 12.4 Å². The SMILES string of the molecule is COc1c(C)ccc(NC2CCCCC2(C)C)c1C. The van der Waals surface area contributed by atoms with Gasteiger partial charge < -0.3 is 10.1 Å². The summed E-state index contributed by atoms with van der Waals surface area (Å²) in [5, 5.41) is 3.76. The van der Waals surface area contributed by atoms with Crippen molar-refractivity contribution in [1.29, 1.82) is 0 Å². The van der Waals surface area contributed by atoms with Crippen molar-refractivity contribution >= 4 is 5.69 Å². The molecule has 106 valence electrons. The van der Waals surface area contributed by atoms with Crippen LogP contribution in [0.1, 0.15) is 50.7 Å². The second-order valence-corrected chi connectivity index (χ2v) is 6.52. The zero-order valence-electron chi connectivity index (χ0n) is 13.0. The molecule has 2 heteroatoms. The zero-order chi connectivity index (χ0) is 14.0. The summed E-state index contributed by atoms with van der Waals surface area (Å²) in [7, 11) is 1.75. The van der Waals surface area contributed by atoms with E-state index >= 15 is 0 Å². The van der Waals surface area contributed by atoms with Gasteiger partial charge in [0.2, 0.25) is 0 Å². The molecule has 19 heavy (non-hydrogen) atoms. The monoisotopic (exact) mass is 261 g/mol. The van der Waals surface area contributed by atoms with E-state index in [-0.39, 0.29) is 0 Å². The number of rotatable bonds is 3. The van der Waals surface area contributed by atoms with Crippen LogP contribution in [0, 0.1) is 19.3 Å². The molecule has 1 atom stereocenters. The highest BCUT2D eigenvalue weighted by molar-refractivity contribution is 5.60. The molecule has 0 aliphatic heterocycles. The van der Waals surface area contributed by atoms with Crippen LogP contribution in [-0.2, 0) is 0 Å². The molecule has 0 spiro atoms. The lowest BCUT2D eigenvalue weighted by Gasteiger charge is -2.40. The van der Waals surface area contributed by atoms with Crippen molar-refractivity contribution in [1.82, 2.24) is 0 Å². The topological polar surface area (TPSA) is 21.3 Å². The first kappa shape index (κ1) is 14.2. The zero-order valence-corrected chi connectivity index (χ0v) is 13.0. The van der Waals surface area contributed by atoms with E-state index in [2.05, 4.69) is 45.1 Å². The average Bonchev–Trinajstić information content (AvgIpc) is 2.35. The van der Waals surface area contributed by atoms with E-state index in [1.807, 2.05) is 0 Å². The maximum Gasteiger partial charge on any atom is 0.126 e. The second-order valence-electron chi connectivity index (χ2n) is 6.52. The predicted molar refractivity (Wildman–Crippen MR) is 82.1 cm³/mol. The van der Waals surface area contributed by atoms with Crippen LogP contribution in [0.3, 0.4) is 0 Å². The lowest BCUT2D eigenvalue weighted by atomic mass is 9.73. The summed E-state index contributed by atoms with van der Waals surface area (Å²) in [6, 6.07) is 4.90. The van der Waals surface area contributed by atoms with Crippen molar-refractivity contribution in [3.63, 3.8) is 0 Å². The van der Waals surface area contributed by atoms with Gasteiger partial charge in [-0.05, 0) is 43.7 Å². The summed E-state index contributed by atoms with van der Waals surface area (Å²) in [5.41, 5.74) is 4.03. The molecule has 0 heterocycles. The molecule has 1 aliphatic carbocycles. The molecule has 1 unspecified atom stereocenters. The number of methoxy groups -OCH3 is 1. The van der Waals surface area contributed by atoms with Gasteiger partial charge in [0, 0.05) is 17.3 Å². The van der Waals surface area contributed by atoms with Crippen molar-refractivity contribution in [2.45, 2.75) is 59.4 Å². The van der Waals surface area contributed by atoms with E-state index in [4.69, 9.17) is 4.74 Å². The van der Waals surface area contributed by atoms with Crippen LogP contribution in [0.25, 0.3) is 0 Å². The molecule has 1 saturated carbocycles. The molecule has 0 amide bonds. The summed E-state index contributed by atoms with van der Waals surface area (Å²) in [6.07, 6.45) is 5.28. The van der Waals surface area contributed by atoms with Crippen molar-refractivity contribution in [2.24, 2.45) is 5.41 Å². The molecule has 1 aliphatic rings. The van der Waals surface area contributed by atoms with E-state index in [0.29, 0.717) is 11.5 Å². The van der Waals surface area contributed by atoms with Crippen LogP contribution in [0.2, 0.25) is 0 Å². The smallest absolute Gasteiger partial charge is 0.126 e. The molecule has 1 aromatic carbocycles. The Kier molecular flexibility index (Phi) is 4.07. The Labute approximate surface area is 117 Å². The van der Waals surface area contributed by atoms with Crippen LogP contribution in [0.4, 0.5) is 5.69 Å². The fourth-order valence-electron chi connectivity index (χ4n) is 3.25. The summed E-state index contributed by atoms with van der Waals surface area (Å²) >= 11 is 0. The maximum atomic E-state index is 5.52. The summed E-state index contributed by atoms with van der Waals surface area (Å²) in [6.45, 7) is 9.00. The second kappa shape index (κ2) is 5.44. The van der Waals surface area contributed by atoms with E-state index in [1.165, 1.54) is 42.5 Å².